The quantitative estimate of drug-likeness (QED) is 0.154. The van der Waals surface area contributed by atoms with Gasteiger partial charge in [-0.1, -0.05) is 173 Å². The maximum Gasteiger partial charge on any atom is 0.0216 e. The Morgan fingerprint density at radius 3 is 0.914 bits per heavy atom. The molecule has 0 atom stereocenters. The Balaban J connectivity index is 1.10. The fraction of sp³-hybridized carbons (Fsp3) is 0.172. The van der Waals surface area contributed by atoms with Gasteiger partial charge in [0.1, 0.15) is 0 Å². The maximum atomic E-state index is 2.53. The van der Waals surface area contributed by atoms with Gasteiger partial charge in [-0.3, -0.25) is 0 Å². The van der Waals surface area contributed by atoms with Crippen LogP contribution in [0.2, 0.25) is 0 Å². The Kier molecular flexibility index (Phi) is 7.09. The lowest BCUT2D eigenvalue weighted by molar-refractivity contribution is 0.494. The highest BCUT2D eigenvalue weighted by molar-refractivity contribution is 6.29. The number of benzene rings is 10. The van der Waals surface area contributed by atoms with E-state index in [1.54, 1.807) is 0 Å². The second-order valence-corrected chi connectivity index (χ2v) is 17.1. The molecule has 10 aromatic carbocycles. The van der Waals surface area contributed by atoms with E-state index in [2.05, 4.69) is 185 Å². The molecule has 58 heavy (non-hydrogen) atoms. The monoisotopic (exact) mass is 742 g/mol. The average Bonchev–Trinajstić information content (AvgIpc) is 3.75. The molecule has 0 spiro atoms. The van der Waals surface area contributed by atoms with E-state index >= 15 is 0 Å². The zero-order valence-corrected chi connectivity index (χ0v) is 33.8. The third kappa shape index (κ3) is 4.11. The molecule has 0 fully saturated rings. The van der Waals surface area contributed by atoms with Crippen molar-refractivity contribution in [2.75, 3.05) is 0 Å². The molecule has 0 nitrogen and oxygen atoms in total. The minimum Gasteiger partial charge on any atom is -0.0642 e. The Hall–Kier alpha value is -6.24. The van der Waals surface area contributed by atoms with Gasteiger partial charge in [0.15, 0.2) is 0 Å². The molecule has 10 aromatic rings. The van der Waals surface area contributed by atoms with Crippen molar-refractivity contribution in [2.45, 2.75) is 64.2 Å². The van der Waals surface area contributed by atoms with E-state index in [9.17, 15) is 0 Å². The van der Waals surface area contributed by atoms with E-state index in [0.29, 0.717) is 0 Å². The first-order valence-corrected chi connectivity index (χ1v) is 21.6. The van der Waals surface area contributed by atoms with Gasteiger partial charge in [0.25, 0.3) is 0 Å². The predicted molar refractivity (Wildman–Crippen MR) is 251 cm³/mol. The van der Waals surface area contributed by atoms with Crippen molar-refractivity contribution in [3.63, 3.8) is 0 Å². The second-order valence-electron chi connectivity index (χ2n) is 17.1. The lowest BCUT2D eigenvalue weighted by Crippen LogP contribution is -2.23. The molecule has 2 aliphatic rings. The first kappa shape index (κ1) is 33.9. The van der Waals surface area contributed by atoms with Gasteiger partial charge in [-0.2, -0.15) is 0 Å². The summed E-state index contributed by atoms with van der Waals surface area (Å²) in [4.78, 5) is 0. The van der Waals surface area contributed by atoms with Crippen molar-refractivity contribution in [2.24, 2.45) is 0 Å². The molecule has 0 heterocycles. The van der Waals surface area contributed by atoms with Gasteiger partial charge in [-0.05, 0) is 158 Å². The van der Waals surface area contributed by atoms with E-state index in [1.807, 2.05) is 0 Å². The lowest BCUT2D eigenvalue weighted by atomic mass is 9.71. The van der Waals surface area contributed by atoms with E-state index in [-0.39, 0.29) is 10.8 Å². The summed E-state index contributed by atoms with van der Waals surface area (Å²) in [6, 6.07) is 60.8. The van der Waals surface area contributed by atoms with E-state index in [1.165, 1.54) is 120 Å². The van der Waals surface area contributed by atoms with Gasteiger partial charge in [0.2, 0.25) is 0 Å². The third-order valence-electron chi connectivity index (χ3n) is 15.2. The van der Waals surface area contributed by atoms with Gasteiger partial charge in [-0.25, -0.2) is 0 Å². The highest BCUT2D eigenvalue weighted by atomic mass is 14.5. The lowest BCUT2D eigenvalue weighted by Gasteiger charge is -2.31. The summed E-state index contributed by atoms with van der Waals surface area (Å²) in [5.74, 6) is 0. The van der Waals surface area contributed by atoms with Gasteiger partial charge >= 0.3 is 0 Å². The molecular formula is C58H46. The van der Waals surface area contributed by atoms with Crippen molar-refractivity contribution in [1.82, 2.24) is 0 Å². The van der Waals surface area contributed by atoms with Gasteiger partial charge < -0.3 is 0 Å². The molecule has 0 bridgehead atoms. The Morgan fingerprint density at radius 1 is 0.293 bits per heavy atom. The summed E-state index contributed by atoms with van der Waals surface area (Å²) in [6.45, 7) is 9.61. The Morgan fingerprint density at radius 2 is 0.586 bits per heavy atom. The van der Waals surface area contributed by atoms with E-state index in [4.69, 9.17) is 0 Å². The van der Waals surface area contributed by atoms with Gasteiger partial charge in [0.05, 0.1) is 0 Å². The van der Waals surface area contributed by atoms with Crippen LogP contribution in [0.1, 0.15) is 75.6 Å². The first-order chi connectivity index (χ1) is 28.6. The fourth-order valence-electron chi connectivity index (χ4n) is 12.4. The number of hydrogen-bond acceptors (Lipinski definition) is 0. The van der Waals surface area contributed by atoms with E-state index < -0.39 is 0 Å². The highest BCUT2D eigenvalue weighted by Gasteiger charge is 2.44. The largest absolute Gasteiger partial charge is 0.0642 e. The van der Waals surface area contributed by atoms with E-state index in [0.717, 1.165) is 25.7 Å². The molecule has 0 heteroatoms. The zero-order chi connectivity index (χ0) is 38.9. The molecule has 2 aliphatic carbocycles. The zero-order valence-electron chi connectivity index (χ0n) is 33.8. The second kappa shape index (κ2) is 12.1. The normalized spacial score (nSPS) is 14.8. The number of fused-ring (bicyclic) bond motifs is 20. The van der Waals surface area contributed by atoms with Crippen LogP contribution < -0.4 is 0 Å². The molecular weight excluding hydrogens is 697 g/mol. The maximum absolute atomic E-state index is 2.53. The molecule has 278 valence electrons. The molecule has 0 aromatic heterocycles. The minimum absolute atomic E-state index is 0.0549. The summed E-state index contributed by atoms with van der Waals surface area (Å²) in [5, 5.41) is 16.4. The fourth-order valence-corrected chi connectivity index (χ4v) is 12.4. The number of rotatable bonds is 5. The van der Waals surface area contributed by atoms with Crippen LogP contribution in [-0.2, 0) is 10.8 Å². The summed E-state index contributed by atoms with van der Waals surface area (Å²) >= 11 is 0. The van der Waals surface area contributed by atoms with Gasteiger partial charge in [0, 0.05) is 10.8 Å². The average molecular weight is 743 g/mol. The predicted octanol–water partition coefficient (Wildman–Crippen LogP) is 16.4. The van der Waals surface area contributed by atoms with Crippen LogP contribution in [0.15, 0.2) is 158 Å². The minimum atomic E-state index is -0.0549. The van der Waals surface area contributed by atoms with Gasteiger partial charge in [-0.15, -0.1) is 0 Å². The van der Waals surface area contributed by atoms with Crippen molar-refractivity contribution in [1.29, 1.82) is 0 Å². The summed E-state index contributed by atoms with van der Waals surface area (Å²) in [5.41, 5.74) is 14.1. The highest BCUT2D eigenvalue weighted by Crippen LogP contribution is 2.59. The van der Waals surface area contributed by atoms with Crippen LogP contribution in [-0.4, -0.2) is 0 Å². The molecule has 0 radical (unpaired) electrons. The molecule has 0 saturated carbocycles. The van der Waals surface area contributed by atoms with Crippen LogP contribution in [0.4, 0.5) is 0 Å². The smallest absolute Gasteiger partial charge is 0.0216 e. The van der Waals surface area contributed by atoms with Crippen LogP contribution in [0.5, 0.6) is 0 Å². The molecule has 0 unspecified atom stereocenters. The SMILES string of the molecule is CCC1(CC)c2ccc(-c3ccc4c(c3)-c3ccc5c6ccccc6c6ccccc6c5c3C4(CC)CC)cc2-c2ccc3c4ccccc4c4ccccc4c3c21. The summed E-state index contributed by atoms with van der Waals surface area (Å²) < 4.78 is 0. The molecule has 12 rings (SSSR count). The van der Waals surface area contributed by atoms with Crippen LogP contribution in [0, 0.1) is 0 Å². The van der Waals surface area contributed by atoms with Crippen molar-refractivity contribution in [3.8, 4) is 33.4 Å². The first-order valence-electron chi connectivity index (χ1n) is 21.6. The summed E-state index contributed by atoms with van der Waals surface area (Å²) in [7, 11) is 0. The molecule has 0 N–H and O–H groups in total. The topological polar surface area (TPSA) is 0 Å². The molecule has 0 amide bonds. The molecule has 0 aliphatic heterocycles. The van der Waals surface area contributed by atoms with Crippen molar-refractivity contribution >= 4 is 64.6 Å². The third-order valence-corrected chi connectivity index (χ3v) is 15.2. The number of hydrogen-bond donors (Lipinski definition) is 0. The Bertz CT molecular complexity index is 3090. The van der Waals surface area contributed by atoms with Crippen molar-refractivity contribution in [3.05, 3.63) is 180 Å². The van der Waals surface area contributed by atoms with Crippen molar-refractivity contribution < 1.29 is 0 Å². The Labute approximate surface area is 340 Å². The standard InChI is InChI=1S/C58H46/c1-5-57(6-2)51-31-25-35(33-49(51)47-29-27-45-41-21-11-9-17-37(41)39-19-13-15-23-43(39)53(45)55(47)57)36-26-32-52-50(34-36)48-30-28-46-42-22-12-10-18-38(42)40-20-14-16-24-44(40)54(46)56(48)58(52,7-3)8-4/h9-34H,5-8H2,1-4H3. The summed E-state index contributed by atoms with van der Waals surface area (Å²) in [6.07, 6.45) is 4.25. The van der Waals surface area contributed by atoms with Crippen LogP contribution in [0.3, 0.4) is 0 Å². The molecule has 0 saturated heterocycles. The van der Waals surface area contributed by atoms with Crippen LogP contribution >= 0.6 is 0 Å². The van der Waals surface area contributed by atoms with Crippen LogP contribution in [0.25, 0.3) is 98.0 Å².